The zero-order valence-electron chi connectivity index (χ0n) is 18.7. The molecule has 0 saturated carbocycles. The van der Waals surface area contributed by atoms with E-state index in [-0.39, 0.29) is 11.8 Å². The minimum atomic E-state index is -0.144. The van der Waals surface area contributed by atoms with E-state index in [9.17, 15) is 9.59 Å². The third-order valence-corrected chi connectivity index (χ3v) is 6.33. The van der Waals surface area contributed by atoms with E-state index >= 15 is 0 Å². The van der Waals surface area contributed by atoms with Crippen molar-refractivity contribution in [2.24, 2.45) is 0 Å². The molecule has 0 unspecified atom stereocenters. The number of amides is 2. The molecule has 3 aliphatic rings. The van der Waals surface area contributed by atoms with Gasteiger partial charge < -0.3 is 10.6 Å². The van der Waals surface area contributed by atoms with Crippen LogP contribution in [-0.4, -0.2) is 11.8 Å². The molecular weight excluding hydrogens is 372 g/mol. The summed E-state index contributed by atoms with van der Waals surface area (Å²) >= 11 is 0. The maximum Gasteiger partial charge on any atom is 0.258 e. The largest absolute Gasteiger partial charge is 0.321 e. The van der Waals surface area contributed by atoms with Crippen LogP contribution in [0.25, 0.3) is 0 Å². The molecule has 0 saturated heterocycles. The van der Waals surface area contributed by atoms with Crippen LogP contribution in [0.1, 0.15) is 103 Å². The molecule has 0 atom stereocenters. The summed E-state index contributed by atoms with van der Waals surface area (Å²) in [6.45, 7) is 2.24. The first kappa shape index (κ1) is 22.6. The van der Waals surface area contributed by atoms with Crippen LogP contribution in [0.3, 0.4) is 0 Å². The van der Waals surface area contributed by atoms with Gasteiger partial charge in [-0.2, -0.15) is 0 Å². The van der Waals surface area contributed by atoms with E-state index in [2.05, 4.69) is 29.7 Å². The van der Waals surface area contributed by atoms with Gasteiger partial charge in [-0.05, 0) is 50.2 Å². The highest BCUT2D eigenvalue weighted by Crippen LogP contribution is 2.35. The van der Waals surface area contributed by atoms with Gasteiger partial charge in [-0.1, -0.05) is 76.9 Å². The first-order valence-electron chi connectivity index (χ1n) is 12.2. The summed E-state index contributed by atoms with van der Waals surface area (Å²) in [6, 6.07) is 0. The first-order chi connectivity index (χ1) is 14.7. The molecule has 2 heterocycles. The molecule has 0 aromatic rings. The summed E-state index contributed by atoms with van der Waals surface area (Å²) in [7, 11) is 0. The Balaban J connectivity index is 1.62. The van der Waals surface area contributed by atoms with E-state index in [0.29, 0.717) is 16.8 Å². The molecule has 0 spiro atoms. The maximum absolute atomic E-state index is 12.7. The van der Waals surface area contributed by atoms with Gasteiger partial charge in [-0.25, -0.2) is 0 Å². The number of hydrogen-bond donors (Lipinski definition) is 2. The van der Waals surface area contributed by atoms with E-state index in [4.69, 9.17) is 0 Å². The van der Waals surface area contributed by atoms with E-state index in [1.54, 1.807) is 0 Å². The van der Waals surface area contributed by atoms with Gasteiger partial charge in [0.2, 0.25) is 0 Å². The van der Waals surface area contributed by atoms with Crippen LogP contribution in [0.2, 0.25) is 0 Å². The minimum Gasteiger partial charge on any atom is -0.321 e. The zero-order chi connectivity index (χ0) is 21.2. The lowest BCUT2D eigenvalue weighted by molar-refractivity contribution is -0.117. The predicted octanol–water partition coefficient (Wildman–Crippen LogP) is 6.12. The summed E-state index contributed by atoms with van der Waals surface area (Å²) in [5.74, 6) is -0.288. The molecule has 30 heavy (non-hydrogen) atoms. The number of rotatable bonds is 10. The molecule has 4 heteroatoms. The molecule has 0 aromatic carbocycles. The Bertz CT molecular complexity index is 755. The summed E-state index contributed by atoms with van der Waals surface area (Å²) in [4.78, 5) is 25.4. The molecule has 4 nitrogen and oxygen atoms in total. The molecule has 1 aliphatic carbocycles. The van der Waals surface area contributed by atoms with Crippen molar-refractivity contribution in [2.45, 2.75) is 103 Å². The predicted molar refractivity (Wildman–Crippen MR) is 122 cm³/mol. The Morgan fingerprint density at radius 2 is 1.53 bits per heavy atom. The Morgan fingerprint density at radius 3 is 2.37 bits per heavy atom. The third kappa shape index (κ3) is 5.96. The molecule has 2 N–H and O–H groups in total. The zero-order valence-corrected chi connectivity index (χ0v) is 18.7. The molecule has 0 bridgehead atoms. The monoisotopic (exact) mass is 410 g/mol. The van der Waals surface area contributed by atoms with Crippen LogP contribution < -0.4 is 10.6 Å². The molecule has 0 fully saturated rings. The van der Waals surface area contributed by atoms with Crippen molar-refractivity contribution >= 4 is 11.8 Å². The van der Waals surface area contributed by atoms with Gasteiger partial charge in [0.05, 0.1) is 22.5 Å². The van der Waals surface area contributed by atoms with Crippen LogP contribution in [0.15, 0.2) is 46.3 Å². The average Bonchev–Trinajstić information content (AvgIpc) is 3.29. The summed E-state index contributed by atoms with van der Waals surface area (Å²) < 4.78 is 0. The normalized spacial score (nSPS) is 21.8. The summed E-state index contributed by atoms with van der Waals surface area (Å²) in [6.07, 6.45) is 24.3. The van der Waals surface area contributed by atoms with Gasteiger partial charge in [0.1, 0.15) is 0 Å². The second-order valence-electron chi connectivity index (χ2n) is 8.80. The summed E-state index contributed by atoms with van der Waals surface area (Å²) in [5.41, 5.74) is 3.64. The van der Waals surface area contributed by atoms with E-state index < -0.39 is 0 Å². The van der Waals surface area contributed by atoms with E-state index in [1.165, 1.54) is 64.2 Å². The molecule has 3 rings (SSSR count). The van der Waals surface area contributed by atoms with Crippen molar-refractivity contribution in [1.82, 2.24) is 10.6 Å². The standard InChI is InChI=1S/C26H38N2O2/c1-2-3-4-5-6-7-8-13-16-19-21-22-23(26(30)27-21)24(28-25(22)29)20-17-14-11-9-10-12-15-18-20/h16-17,19H,2-15,18H2,1H3,(H,27,30)(H,28,29)/b19-16+,20-17+. The van der Waals surface area contributed by atoms with Crippen molar-refractivity contribution in [1.29, 1.82) is 0 Å². The van der Waals surface area contributed by atoms with E-state index in [1.807, 2.05) is 6.08 Å². The van der Waals surface area contributed by atoms with Crippen LogP contribution in [0.5, 0.6) is 0 Å². The minimum absolute atomic E-state index is 0.144. The fraction of sp³-hybridized carbons (Fsp3) is 0.615. The third-order valence-electron chi connectivity index (χ3n) is 6.33. The lowest BCUT2D eigenvalue weighted by Gasteiger charge is -2.10. The van der Waals surface area contributed by atoms with Crippen molar-refractivity contribution in [3.05, 3.63) is 46.3 Å². The van der Waals surface area contributed by atoms with Crippen LogP contribution in [0, 0.1) is 0 Å². The molecule has 2 aliphatic heterocycles. The Hall–Kier alpha value is -2.10. The highest BCUT2D eigenvalue weighted by atomic mass is 16.2. The quantitative estimate of drug-likeness (QED) is 0.426. The fourth-order valence-corrected chi connectivity index (χ4v) is 4.59. The molecule has 164 valence electrons. The highest BCUT2D eigenvalue weighted by Gasteiger charge is 2.39. The summed E-state index contributed by atoms with van der Waals surface area (Å²) in [5, 5.41) is 5.94. The second kappa shape index (κ2) is 11.9. The fourth-order valence-electron chi connectivity index (χ4n) is 4.59. The number of unbranched alkanes of at least 4 members (excludes halogenated alkanes) is 7. The smallest absolute Gasteiger partial charge is 0.258 e. The van der Waals surface area contributed by atoms with Gasteiger partial charge in [0.25, 0.3) is 11.8 Å². The lowest BCUT2D eigenvalue weighted by Crippen LogP contribution is -2.22. The Kier molecular flexibility index (Phi) is 8.98. The van der Waals surface area contributed by atoms with Gasteiger partial charge in [-0.15, -0.1) is 0 Å². The second-order valence-corrected chi connectivity index (χ2v) is 8.80. The molecule has 0 aromatic heterocycles. The first-order valence-corrected chi connectivity index (χ1v) is 12.2. The number of hydrogen-bond acceptors (Lipinski definition) is 2. The maximum atomic E-state index is 12.7. The number of carbonyl (C=O) groups is 2. The van der Waals surface area contributed by atoms with Gasteiger partial charge in [0.15, 0.2) is 0 Å². The van der Waals surface area contributed by atoms with Gasteiger partial charge in [0, 0.05) is 0 Å². The SMILES string of the molecule is CCCCCCCCC/C=C/C1=C2C(=O)NC(/C3=C/CCCCCCC3)=C2C(=O)N1. The Morgan fingerprint density at radius 1 is 0.833 bits per heavy atom. The number of carbonyl (C=O) groups excluding carboxylic acids is 2. The number of allylic oxidation sites excluding steroid dienone is 4. The number of nitrogens with one attached hydrogen (secondary N) is 2. The van der Waals surface area contributed by atoms with Crippen LogP contribution in [0.4, 0.5) is 0 Å². The molecule has 2 amide bonds. The van der Waals surface area contributed by atoms with E-state index in [0.717, 1.165) is 43.4 Å². The van der Waals surface area contributed by atoms with Gasteiger partial charge >= 0.3 is 0 Å². The number of fused-ring (bicyclic) bond motifs is 1. The highest BCUT2D eigenvalue weighted by molar-refractivity contribution is 6.20. The Labute approximate surface area is 182 Å². The van der Waals surface area contributed by atoms with Crippen LogP contribution in [-0.2, 0) is 9.59 Å². The molecular formula is C26H38N2O2. The average molecular weight is 411 g/mol. The van der Waals surface area contributed by atoms with Crippen molar-refractivity contribution in [3.63, 3.8) is 0 Å². The van der Waals surface area contributed by atoms with Crippen molar-refractivity contribution < 1.29 is 9.59 Å². The van der Waals surface area contributed by atoms with Crippen molar-refractivity contribution in [3.8, 4) is 0 Å². The van der Waals surface area contributed by atoms with Crippen molar-refractivity contribution in [2.75, 3.05) is 0 Å². The van der Waals surface area contributed by atoms with Gasteiger partial charge in [-0.3, -0.25) is 9.59 Å². The lowest BCUT2D eigenvalue weighted by atomic mass is 9.99. The topological polar surface area (TPSA) is 58.2 Å². The molecule has 0 radical (unpaired) electrons. The van der Waals surface area contributed by atoms with Crippen LogP contribution >= 0.6 is 0 Å².